The van der Waals surface area contributed by atoms with Crippen molar-refractivity contribution in [3.63, 3.8) is 0 Å². The van der Waals surface area contributed by atoms with Gasteiger partial charge in [0.2, 0.25) is 5.91 Å². The number of hydrogen-bond acceptors (Lipinski definition) is 8. The molecule has 9 heteroatoms. The largest absolute Gasteiger partial charge is 0.508 e. The first-order valence-electron chi connectivity index (χ1n) is 13.5. The maximum absolute atomic E-state index is 11.5. The Kier molecular flexibility index (Phi) is 9.01. The molecule has 1 aromatic heterocycles. The Balaban J connectivity index is 0.000000340. The van der Waals surface area contributed by atoms with Gasteiger partial charge in [-0.2, -0.15) is 9.97 Å². The van der Waals surface area contributed by atoms with Crippen molar-refractivity contribution in [1.29, 1.82) is 0 Å². The van der Waals surface area contributed by atoms with E-state index in [1.165, 1.54) is 6.08 Å². The number of hydrogen-bond donors (Lipinski definition) is 2. The third-order valence-corrected chi connectivity index (χ3v) is 7.29. The number of fused-ring (bicyclic) bond motifs is 2. The first kappa shape index (κ1) is 27.9. The van der Waals surface area contributed by atoms with Crippen LogP contribution < -0.4 is 15.4 Å². The lowest BCUT2D eigenvalue weighted by Crippen LogP contribution is -2.32. The number of nitrogens with zero attached hydrogens (tertiary/aromatic N) is 4. The summed E-state index contributed by atoms with van der Waals surface area (Å²) in [4.78, 5) is 35.1. The predicted molar refractivity (Wildman–Crippen MR) is 153 cm³/mol. The lowest BCUT2D eigenvalue weighted by Gasteiger charge is -2.31. The molecule has 0 saturated heterocycles. The van der Waals surface area contributed by atoms with Gasteiger partial charge in [-0.25, -0.2) is 0 Å². The van der Waals surface area contributed by atoms with Crippen molar-refractivity contribution in [2.75, 3.05) is 36.9 Å². The molecule has 2 aromatic carbocycles. The minimum Gasteiger partial charge on any atom is -0.508 e. The van der Waals surface area contributed by atoms with Gasteiger partial charge in [-0.3, -0.25) is 9.59 Å². The average Bonchev–Trinajstić information content (AvgIpc) is 3.37. The van der Waals surface area contributed by atoms with Gasteiger partial charge in [-0.15, -0.1) is 0 Å². The Morgan fingerprint density at radius 2 is 2.00 bits per heavy atom. The number of anilines is 2. The second-order valence-corrected chi connectivity index (χ2v) is 9.85. The number of aromatic hydroxyl groups is 1. The minimum atomic E-state index is 0.0139. The molecule has 3 N–H and O–H groups in total. The molecule has 9 nitrogen and oxygen atoms in total. The molecule has 39 heavy (non-hydrogen) atoms. The number of phenols is 1. The third-order valence-electron chi connectivity index (χ3n) is 7.29. The molecule has 1 fully saturated rings. The van der Waals surface area contributed by atoms with Gasteiger partial charge in [0.1, 0.15) is 17.4 Å². The highest BCUT2D eigenvalue weighted by Crippen LogP contribution is 2.35. The lowest BCUT2D eigenvalue weighted by molar-refractivity contribution is -0.125. The number of rotatable bonds is 7. The molecule has 1 saturated carbocycles. The Hall–Kier alpha value is -4.14. The number of likely N-dealkylation sites (N-methyl/N-ethyl adjacent to an activating group) is 1. The summed E-state index contributed by atoms with van der Waals surface area (Å²) in [5.41, 5.74) is 8.98. The molecule has 0 unspecified atom stereocenters. The van der Waals surface area contributed by atoms with E-state index in [9.17, 15) is 14.7 Å². The van der Waals surface area contributed by atoms with Crippen molar-refractivity contribution in [2.45, 2.75) is 46.1 Å². The summed E-state index contributed by atoms with van der Waals surface area (Å²) >= 11 is 0. The van der Waals surface area contributed by atoms with E-state index in [0.29, 0.717) is 37.6 Å². The van der Waals surface area contributed by atoms with Gasteiger partial charge in [0.15, 0.2) is 0 Å². The van der Waals surface area contributed by atoms with Crippen LogP contribution in [0.4, 0.5) is 11.5 Å². The molecule has 0 bridgehead atoms. The van der Waals surface area contributed by atoms with E-state index in [-0.39, 0.29) is 23.6 Å². The number of aromatic nitrogens is 2. The summed E-state index contributed by atoms with van der Waals surface area (Å²) in [6.07, 6.45) is 4.12. The summed E-state index contributed by atoms with van der Waals surface area (Å²) in [5.74, 6) is 1.24. The zero-order valence-corrected chi connectivity index (χ0v) is 22.7. The van der Waals surface area contributed by atoms with E-state index in [2.05, 4.69) is 27.5 Å². The number of benzene rings is 2. The molecule has 2 heterocycles. The number of phenolic OH excluding ortho intramolecular Hbond substituents is 1. The van der Waals surface area contributed by atoms with Crippen molar-refractivity contribution in [2.24, 2.45) is 5.92 Å². The van der Waals surface area contributed by atoms with Crippen molar-refractivity contribution in [3.8, 4) is 11.8 Å². The average molecular weight is 532 g/mol. The predicted octanol–water partition coefficient (Wildman–Crippen LogP) is 4.27. The van der Waals surface area contributed by atoms with Gasteiger partial charge in [-0.1, -0.05) is 30.8 Å². The van der Waals surface area contributed by atoms with Crippen LogP contribution >= 0.6 is 0 Å². The zero-order valence-electron chi connectivity index (χ0n) is 22.7. The second-order valence-electron chi connectivity index (χ2n) is 9.85. The van der Waals surface area contributed by atoms with Crippen LogP contribution in [-0.4, -0.2) is 57.9 Å². The summed E-state index contributed by atoms with van der Waals surface area (Å²) in [6, 6.07) is 11.9. The number of carbonyl (C=O) groups is 2. The van der Waals surface area contributed by atoms with Crippen molar-refractivity contribution in [1.82, 2.24) is 14.9 Å². The number of carbonyl (C=O) groups excluding carboxylic acids is 2. The normalized spacial score (nSPS) is 16.3. The minimum absolute atomic E-state index is 0.0139. The van der Waals surface area contributed by atoms with E-state index in [0.717, 1.165) is 60.2 Å². The van der Waals surface area contributed by atoms with Gasteiger partial charge in [0.05, 0.1) is 18.8 Å². The smallest absolute Gasteiger partial charge is 0.318 e. The summed E-state index contributed by atoms with van der Waals surface area (Å²) in [5, 5.41) is 12.3. The topological polar surface area (TPSA) is 122 Å². The van der Waals surface area contributed by atoms with Gasteiger partial charge < -0.3 is 25.4 Å². The maximum atomic E-state index is 11.5. The third kappa shape index (κ3) is 6.66. The summed E-state index contributed by atoms with van der Waals surface area (Å²) < 4.78 is 5.80. The zero-order chi connectivity index (χ0) is 27.9. The molecule has 1 aliphatic carbocycles. The van der Waals surface area contributed by atoms with Crippen molar-refractivity contribution in [3.05, 3.63) is 60.3 Å². The highest BCUT2D eigenvalue weighted by molar-refractivity contribution is 5.95. The van der Waals surface area contributed by atoms with E-state index in [1.807, 2.05) is 32.0 Å². The van der Waals surface area contributed by atoms with E-state index < -0.39 is 0 Å². The fourth-order valence-corrected chi connectivity index (χ4v) is 5.13. The standard InChI is InChI=1S/C23H24N4O3.C7H13NO/c24-22-19-7-8-27(21-11-17(29)10-15-3-1-2-4-18(15)21)12-20(19)25-23(26-22)30-13-14-5-6-16(28)9-14;1-4-7(9)8(5-2)6-3/h1-4,10-11,14,29H,5-9,12-13H2,(H2,24,25,26);4H,1,5-6H2,2-3H3/t14-;/m1./s1. The van der Waals surface area contributed by atoms with Crippen LogP contribution in [0.2, 0.25) is 0 Å². The van der Waals surface area contributed by atoms with Crippen molar-refractivity contribution < 1.29 is 19.4 Å². The SMILES string of the molecule is C=CC(=O)N(CC)CC.Nc1nc(OC[C@@H]2CCC(=O)C2)nc2c1CCN(c1cc(O)cc3ccccc13)C2. The number of amides is 1. The van der Waals surface area contributed by atoms with Gasteiger partial charge in [0.25, 0.3) is 0 Å². The molecule has 1 aliphatic heterocycles. The van der Waals surface area contributed by atoms with Crippen LogP contribution in [0.25, 0.3) is 10.8 Å². The number of Topliss-reactive ketones (excluding diaryl/α,β-unsaturated/α-hetero) is 1. The number of ether oxygens (including phenoxy) is 1. The molecule has 3 aromatic rings. The highest BCUT2D eigenvalue weighted by atomic mass is 16.5. The number of nitrogen functional groups attached to an aromatic ring is 1. The summed E-state index contributed by atoms with van der Waals surface area (Å²) in [7, 11) is 0. The molecule has 1 amide bonds. The van der Waals surface area contributed by atoms with Gasteiger partial charge in [-0.05, 0) is 44.2 Å². The van der Waals surface area contributed by atoms with Crippen LogP contribution in [0.3, 0.4) is 0 Å². The Bertz CT molecular complexity index is 1350. The van der Waals surface area contributed by atoms with E-state index in [4.69, 9.17) is 10.5 Å². The van der Waals surface area contributed by atoms with Gasteiger partial charge in [0, 0.05) is 61.1 Å². The first-order chi connectivity index (χ1) is 18.8. The highest BCUT2D eigenvalue weighted by Gasteiger charge is 2.25. The quantitative estimate of drug-likeness (QED) is 0.434. The van der Waals surface area contributed by atoms with Crippen LogP contribution in [0.15, 0.2) is 49.1 Å². The van der Waals surface area contributed by atoms with E-state index in [1.54, 1.807) is 17.0 Å². The first-order valence-corrected chi connectivity index (χ1v) is 13.5. The Labute approximate surface area is 229 Å². The molecular weight excluding hydrogens is 494 g/mol. The van der Waals surface area contributed by atoms with Crippen LogP contribution in [0.5, 0.6) is 11.8 Å². The fraction of sp³-hybridized carbons (Fsp3) is 0.400. The molecule has 2 aliphatic rings. The van der Waals surface area contributed by atoms with Crippen LogP contribution in [0, 0.1) is 5.92 Å². The van der Waals surface area contributed by atoms with Gasteiger partial charge >= 0.3 is 6.01 Å². The summed E-state index contributed by atoms with van der Waals surface area (Å²) in [6.45, 7) is 10.6. The lowest BCUT2D eigenvalue weighted by atomic mass is 10.0. The molecular formula is C30H37N5O4. The Morgan fingerprint density at radius 1 is 1.23 bits per heavy atom. The molecule has 5 rings (SSSR count). The number of nitrogens with two attached hydrogens (primary N) is 1. The van der Waals surface area contributed by atoms with Crippen molar-refractivity contribution >= 4 is 34.0 Å². The van der Waals surface area contributed by atoms with E-state index >= 15 is 0 Å². The number of ketones is 1. The molecule has 206 valence electrons. The van der Waals surface area contributed by atoms with Crippen LogP contribution in [-0.2, 0) is 22.6 Å². The second kappa shape index (κ2) is 12.6. The maximum Gasteiger partial charge on any atom is 0.318 e. The molecule has 0 radical (unpaired) electrons. The monoisotopic (exact) mass is 531 g/mol. The molecule has 1 atom stereocenters. The fourth-order valence-electron chi connectivity index (χ4n) is 5.13. The molecule has 0 spiro atoms. The Morgan fingerprint density at radius 3 is 2.67 bits per heavy atom. The van der Waals surface area contributed by atoms with Crippen LogP contribution in [0.1, 0.15) is 44.4 Å².